The molecule has 0 aliphatic carbocycles. The standard InChI is InChI=1S/C18H25N5O2S.HI/c1-12(24)21-16-8-14(6-7-17(16)25-5)9-20-18(19-3)23(4)10-15-11-26-13(2)22-15;/h6-8,11H,9-10H2,1-5H3,(H,19,20)(H,21,24);1H. The van der Waals surface area contributed by atoms with Gasteiger partial charge >= 0.3 is 0 Å². The van der Waals surface area contributed by atoms with E-state index in [9.17, 15) is 4.79 Å². The summed E-state index contributed by atoms with van der Waals surface area (Å²) in [5.41, 5.74) is 2.68. The SMILES string of the molecule is CN=C(NCc1ccc(OC)c(NC(C)=O)c1)N(C)Cc1csc(C)n1.I. The van der Waals surface area contributed by atoms with E-state index < -0.39 is 0 Å². The molecule has 0 aliphatic heterocycles. The van der Waals surface area contributed by atoms with Crippen LogP contribution in [0.4, 0.5) is 5.69 Å². The number of aromatic nitrogens is 1. The van der Waals surface area contributed by atoms with Gasteiger partial charge in [-0.25, -0.2) is 4.98 Å². The summed E-state index contributed by atoms with van der Waals surface area (Å²) in [6, 6.07) is 5.69. The Labute approximate surface area is 181 Å². The topological polar surface area (TPSA) is 78.9 Å². The second kappa shape index (κ2) is 11.1. The van der Waals surface area contributed by atoms with Crippen LogP contribution in [-0.2, 0) is 17.9 Å². The third kappa shape index (κ3) is 6.98. The Bertz CT molecular complexity index is 794. The fraction of sp³-hybridized carbons (Fsp3) is 0.389. The number of thiazole rings is 1. The summed E-state index contributed by atoms with van der Waals surface area (Å²) >= 11 is 1.64. The first-order valence-corrected chi connectivity index (χ1v) is 9.08. The number of amides is 1. The molecule has 1 aromatic heterocycles. The molecule has 27 heavy (non-hydrogen) atoms. The molecule has 0 bridgehead atoms. The summed E-state index contributed by atoms with van der Waals surface area (Å²) in [6.45, 7) is 4.73. The number of nitrogens with one attached hydrogen (secondary N) is 2. The van der Waals surface area contributed by atoms with Crippen molar-refractivity contribution in [3.63, 3.8) is 0 Å². The molecule has 0 unspecified atom stereocenters. The quantitative estimate of drug-likeness (QED) is 0.360. The monoisotopic (exact) mass is 503 g/mol. The number of hydrogen-bond donors (Lipinski definition) is 2. The van der Waals surface area contributed by atoms with E-state index in [1.165, 1.54) is 6.92 Å². The van der Waals surface area contributed by atoms with Crippen LogP contribution < -0.4 is 15.4 Å². The molecule has 148 valence electrons. The van der Waals surface area contributed by atoms with Crippen LogP contribution in [0, 0.1) is 6.92 Å². The maximum absolute atomic E-state index is 11.4. The normalized spacial score (nSPS) is 10.8. The number of carbonyl (C=O) groups excluding carboxylic acids is 1. The second-order valence-electron chi connectivity index (χ2n) is 5.83. The van der Waals surface area contributed by atoms with Gasteiger partial charge in [0.2, 0.25) is 5.91 Å². The molecule has 1 heterocycles. The third-order valence-corrected chi connectivity index (χ3v) is 4.49. The summed E-state index contributed by atoms with van der Waals surface area (Å²) in [5.74, 6) is 1.26. The Morgan fingerprint density at radius 1 is 1.41 bits per heavy atom. The number of rotatable bonds is 6. The fourth-order valence-corrected chi connectivity index (χ4v) is 3.12. The van der Waals surface area contributed by atoms with Crippen molar-refractivity contribution in [2.45, 2.75) is 26.9 Å². The van der Waals surface area contributed by atoms with E-state index in [2.05, 4.69) is 26.0 Å². The molecule has 2 aromatic rings. The van der Waals surface area contributed by atoms with Gasteiger partial charge in [0, 0.05) is 32.9 Å². The van der Waals surface area contributed by atoms with Crippen LogP contribution in [0.2, 0.25) is 0 Å². The first-order chi connectivity index (χ1) is 12.4. The highest BCUT2D eigenvalue weighted by atomic mass is 127. The highest BCUT2D eigenvalue weighted by Gasteiger charge is 2.10. The highest BCUT2D eigenvalue weighted by molar-refractivity contribution is 14.0. The molecule has 0 saturated carbocycles. The molecule has 2 N–H and O–H groups in total. The number of hydrogen-bond acceptors (Lipinski definition) is 5. The molecule has 7 nitrogen and oxygen atoms in total. The molecule has 0 spiro atoms. The van der Waals surface area contributed by atoms with Crippen LogP contribution in [0.15, 0.2) is 28.6 Å². The first kappa shape index (κ1) is 23.2. The number of benzene rings is 1. The van der Waals surface area contributed by atoms with Crippen LogP contribution in [0.25, 0.3) is 0 Å². The van der Waals surface area contributed by atoms with Gasteiger partial charge in [0.15, 0.2) is 5.96 Å². The minimum Gasteiger partial charge on any atom is -0.495 e. The van der Waals surface area contributed by atoms with Gasteiger partial charge in [-0.15, -0.1) is 35.3 Å². The van der Waals surface area contributed by atoms with E-state index >= 15 is 0 Å². The lowest BCUT2D eigenvalue weighted by Crippen LogP contribution is -2.38. The number of aliphatic imine (C=N–C) groups is 1. The second-order valence-corrected chi connectivity index (χ2v) is 6.89. The molecule has 0 saturated heterocycles. The minimum atomic E-state index is -0.137. The van der Waals surface area contributed by atoms with Gasteiger partial charge in [-0.3, -0.25) is 9.79 Å². The Morgan fingerprint density at radius 3 is 2.70 bits per heavy atom. The summed E-state index contributed by atoms with van der Waals surface area (Å²) in [4.78, 5) is 22.2. The average molecular weight is 503 g/mol. The number of carbonyl (C=O) groups is 1. The molecule has 0 atom stereocenters. The lowest BCUT2D eigenvalue weighted by atomic mass is 10.2. The van der Waals surface area contributed by atoms with Gasteiger partial charge in [0.1, 0.15) is 5.75 Å². The zero-order chi connectivity index (χ0) is 19.1. The summed E-state index contributed by atoms with van der Waals surface area (Å²) in [5, 5.41) is 9.23. The van der Waals surface area contributed by atoms with E-state index in [0.29, 0.717) is 24.5 Å². The van der Waals surface area contributed by atoms with Gasteiger partial charge in [0.05, 0.1) is 30.0 Å². The summed E-state index contributed by atoms with van der Waals surface area (Å²) < 4.78 is 5.28. The largest absolute Gasteiger partial charge is 0.495 e. The van der Waals surface area contributed by atoms with Crippen LogP contribution in [-0.4, -0.2) is 43.0 Å². The Balaban J connectivity index is 0.00000364. The predicted molar refractivity (Wildman–Crippen MR) is 121 cm³/mol. The molecule has 0 aliphatic rings. The third-order valence-electron chi connectivity index (χ3n) is 3.66. The van der Waals surface area contributed by atoms with Crippen LogP contribution in [0.5, 0.6) is 5.75 Å². The van der Waals surface area contributed by atoms with Crippen molar-refractivity contribution in [1.82, 2.24) is 15.2 Å². The Morgan fingerprint density at radius 2 is 2.15 bits per heavy atom. The highest BCUT2D eigenvalue weighted by Crippen LogP contribution is 2.25. The molecule has 1 amide bonds. The molecule has 0 fully saturated rings. The van der Waals surface area contributed by atoms with Gasteiger partial charge in [-0.2, -0.15) is 0 Å². The Kier molecular flexibility index (Phi) is 9.50. The minimum absolute atomic E-state index is 0. The summed E-state index contributed by atoms with van der Waals surface area (Å²) in [6.07, 6.45) is 0. The van der Waals surface area contributed by atoms with Crippen LogP contribution in [0.3, 0.4) is 0 Å². The summed E-state index contributed by atoms with van der Waals surface area (Å²) in [7, 11) is 5.30. The van der Waals surface area contributed by atoms with Crippen molar-refractivity contribution >= 4 is 52.9 Å². The van der Waals surface area contributed by atoms with E-state index in [1.807, 2.05) is 37.1 Å². The van der Waals surface area contributed by atoms with Gasteiger partial charge in [-0.1, -0.05) is 6.07 Å². The number of halogens is 1. The predicted octanol–water partition coefficient (Wildman–Crippen LogP) is 3.24. The van der Waals surface area contributed by atoms with Crippen molar-refractivity contribution < 1.29 is 9.53 Å². The number of aryl methyl sites for hydroxylation is 1. The van der Waals surface area contributed by atoms with E-state index in [4.69, 9.17) is 4.74 Å². The maximum atomic E-state index is 11.4. The van der Waals surface area contributed by atoms with Crippen molar-refractivity contribution in [3.8, 4) is 5.75 Å². The van der Waals surface area contributed by atoms with Crippen LogP contribution >= 0.6 is 35.3 Å². The van der Waals surface area contributed by atoms with Crippen LogP contribution in [0.1, 0.15) is 23.2 Å². The number of methoxy groups -OCH3 is 1. The Hall–Kier alpha value is -1.88. The molecule has 9 heteroatoms. The molecular formula is C18H26IN5O2S. The zero-order valence-electron chi connectivity index (χ0n) is 16.2. The fourth-order valence-electron chi connectivity index (χ4n) is 2.52. The van der Waals surface area contributed by atoms with Crippen molar-refractivity contribution in [2.75, 3.05) is 26.5 Å². The zero-order valence-corrected chi connectivity index (χ0v) is 19.3. The lowest BCUT2D eigenvalue weighted by Gasteiger charge is -2.21. The van der Waals surface area contributed by atoms with Gasteiger partial charge in [-0.05, 0) is 24.6 Å². The van der Waals surface area contributed by atoms with E-state index in [0.717, 1.165) is 22.2 Å². The van der Waals surface area contributed by atoms with Gasteiger partial charge in [0.25, 0.3) is 0 Å². The van der Waals surface area contributed by atoms with E-state index in [1.54, 1.807) is 25.5 Å². The first-order valence-electron chi connectivity index (χ1n) is 8.20. The lowest BCUT2D eigenvalue weighted by molar-refractivity contribution is -0.114. The number of guanidine groups is 1. The molecular weight excluding hydrogens is 477 g/mol. The van der Waals surface area contributed by atoms with Crippen molar-refractivity contribution in [2.24, 2.45) is 4.99 Å². The number of ether oxygens (including phenoxy) is 1. The average Bonchev–Trinajstić information content (AvgIpc) is 3.00. The van der Waals surface area contributed by atoms with Gasteiger partial charge < -0.3 is 20.3 Å². The number of anilines is 1. The number of nitrogens with zero attached hydrogens (tertiary/aromatic N) is 3. The van der Waals surface area contributed by atoms with Crippen molar-refractivity contribution in [3.05, 3.63) is 39.8 Å². The molecule has 0 radical (unpaired) electrons. The maximum Gasteiger partial charge on any atom is 0.221 e. The smallest absolute Gasteiger partial charge is 0.221 e. The van der Waals surface area contributed by atoms with E-state index in [-0.39, 0.29) is 29.9 Å². The molecule has 1 aromatic carbocycles. The van der Waals surface area contributed by atoms with Crippen molar-refractivity contribution in [1.29, 1.82) is 0 Å². The molecule has 2 rings (SSSR count).